The average molecular weight is 246 g/mol. The van der Waals surface area contributed by atoms with E-state index in [0.717, 1.165) is 12.1 Å². The third-order valence-electron chi connectivity index (χ3n) is 2.65. The normalized spacial score (nSPS) is 16.7. The lowest BCUT2D eigenvalue weighted by Crippen LogP contribution is -2.34. The van der Waals surface area contributed by atoms with Crippen LogP contribution in [-0.4, -0.2) is 18.9 Å². The van der Waals surface area contributed by atoms with E-state index < -0.39 is 11.6 Å². The Balaban J connectivity index is 2.26. The molecular weight excluding hydrogens is 236 g/mol. The molecule has 1 aliphatic rings. The van der Waals surface area contributed by atoms with E-state index in [4.69, 9.17) is 11.6 Å². The second kappa shape index (κ2) is 4.37. The molecule has 2 nitrogen and oxygen atoms in total. The van der Waals surface area contributed by atoms with Gasteiger partial charge in [0.15, 0.2) is 0 Å². The summed E-state index contributed by atoms with van der Waals surface area (Å²) in [6.45, 7) is 0.855. The molecule has 1 saturated heterocycles. The Morgan fingerprint density at radius 1 is 1.12 bits per heavy atom. The molecule has 0 bridgehead atoms. The summed E-state index contributed by atoms with van der Waals surface area (Å²) in [5.41, 5.74) is 0.175. The fourth-order valence-corrected chi connectivity index (χ4v) is 1.90. The lowest BCUT2D eigenvalue weighted by atomic mass is 10.1. The van der Waals surface area contributed by atoms with Gasteiger partial charge in [0.2, 0.25) is 0 Å². The van der Waals surface area contributed by atoms with Gasteiger partial charge in [-0.3, -0.25) is 4.79 Å². The molecule has 0 amide bonds. The summed E-state index contributed by atoms with van der Waals surface area (Å²) in [6, 6.07) is 2.04. The molecule has 1 aromatic rings. The number of hydrogen-bond acceptors (Lipinski definition) is 2. The van der Waals surface area contributed by atoms with Crippen molar-refractivity contribution in [1.82, 2.24) is 0 Å². The van der Waals surface area contributed by atoms with Crippen LogP contribution < -0.4 is 4.90 Å². The van der Waals surface area contributed by atoms with Crippen molar-refractivity contribution in [3.63, 3.8) is 0 Å². The van der Waals surface area contributed by atoms with Crippen molar-refractivity contribution in [2.75, 3.05) is 18.0 Å². The van der Waals surface area contributed by atoms with Gasteiger partial charge in [-0.1, -0.05) is 11.6 Å². The number of benzene rings is 1. The first-order valence-electron chi connectivity index (χ1n) is 4.99. The van der Waals surface area contributed by atoms with Crippen LogP contribution in [0.5, 0.6) is 0 Å². The van der Waals surface area contributed by atoms with E-state index in [1.807, 2.05) is 0 Å². The predicted molar refractivity (Wildman–Crippen MR) is 57.8 cm³/mol. The number of carbonyl (C=O) groups is 1. The first-order chi connectivity index (χ1) is 7.58. The first-order valence-corrected chi connectivity index (χ1v) is 5.37. The van der Waals surface area contributed by atoms with Crippen LogP contribution in [0.3, 0.4) is 0 Å². The molecule has 1 aromatic carbocycles. The molecule has 1 fully saturated rings. The van der Waals surface area contributed by atoms with Gasteiger partial charge in [-0.2, -0.15) is 0 Å². The summed E-state index contributed by atoms with van der Waals surface area (Å²) in [4.78, 5) is 12.7. The molecule has 0 radical (unpaired) electrons. The molecule has 1 aliphatic heterocycles. The average Bonchev–Trinajstić information content (AvgIpc) is 2.25. The Hall–Kier alpha value is -1.16. The van der Waals surface area contributed by atoms with Crippen LogP contribution in [0, 0.1) is 11.6 Å². The smallest absolute Gasteiger partial charge is 0.148 e. The zero-order chi connectivity index (χ0) is 11.7. The Morgan fingerprint density at radius 2 is 1.75 bits per heavy atom. The molecule has 86 valence electrons. The molecule has 16 heavy (non-hydrogen) atoms. The second-order valence-corrected chi connectivity index (χ2v) is 4.15. The van der Waals surface area contributed by atoms with E-state index in [-0.39, 0.29) is 16.5 Å². The Kier molecular flexibility index (Phi) is 3.10. The largest absolute Gasteiger partial charge is 0.368 e. The maximum Gasteiger partial charge on any atom is 0.148 e. The van der Waals surface area contributed by atoms with Crippen molar-refractivity contribution in [3.05, 3.63) is 28.8 Å². The quantitative estimate of drug-likeness (QED) is 0.709. The Bertz CT molecular complexity index is 426. The monoisotopic (exact) mass is 245 g/mol. The van der Waals surface area contributed by atoms with Crippen molar-refractivity contribution in [3.8, 4) is 0 Å². The van der Waals surface area contributed by atoms with Crippen molar-refractivity contribution in [2.45, 2.75) is 12.8 Å². The van der Waals surface area contributed by atoms with E-state index in [1.165, 1.54) is 0 Å². The summed E-state index contributed by atoms with van der Waals surface area (Å²) < 4.78 is 26.7. The molecular formula is C11H10ClF2NO. The van der Waals surface area contributed by atoms with Crippen molar-refractivity contribution < 1.29 is 13.6 Å². The molecule has 0 atom stereocenters. The van der Waals surface area contributed by atoms with Gasteiger partial charge < -0.3 is 4.90 Å². The van der Waals surface area contributed by atoms with Crippen LogP contribution in [0.25, 0.3) is 0 Å². The van der Waals surface area contributed by atoms with Crippen LogP contribution in [0.1, 0.15) is 12.8 Å². The lowest BCUT2D eigenvalue weighted by Gasteiger charge is -2.28. The summed E-state index contributed by atoms with van der Waals surface area (Å²) in [5, 5.41) is -0.227. The van der Waals surface area contributed by atoms with E-state index in [9.17, 15) is 13.6 Å². The maximum absolute atomic E-state index is 13.5. The van der Waals surface area contributed by atoms with Crippen molar-refractivity contribution in [1.29, 1.82) is 0 Å². The highest BCUT2D eigenvalue weighted by atomic mass is 35.5. The third-order valence-corrected chi connectivity index (χ3v) is 2.94. The first kappa shape index (κ1) is 11.3. The van der Waals surface area contributed by atoms with Crippen LogP contribution in [0.15, 0.2) is 12.1 Å². The zero-order valence-electron chi connectivity index (χ0n) is 8.47. The van der Waals surface area contributed by atoms with Gasteiger partial charge in [0.1, 0.15) is 17.4 Å². The summed E-state index contributed by atoms with van der Waals surface area (Å²) >= 11 is 5.46. The fourth-order valence-electron chi connectivity index (χ4n) is 1.75. The zero-order valence-corrected chi connectivity index (χ0v) is 9.23. The minimum Gasteiger partial charge on any atom is -0.368 e. The predicted octanol–water partition coefficient (Wildman–Crippen LogP) is 2.79. The van der Waals surface area contributed by atoms with Crippen LogP contribution in [0.4, 0.5) is 14.5 Å². The topological polar surface area (TPSA) is 20.3 Å². The Labute approximate surface area is 96.8 Å². The number of anilines is 1. The maximum atomic E-state index is 13.5. The molecule has 5 heteroatoms. The number of nitrogens with zero attached hydrogens (tertiary/aromatic N) is 1. The summed E-state index contributed by atoms with van der Waals surface area (Å²) in [5.74, 6) is -1.04. The van der Waals surface area contributed by atoms with E-state index in [1.54, 1.807) is 4.90 Å². The molecule has 2 rings (SSSR count). The van der Waals surface area contributed by atoms with Crippen molar-refractivity contribution >= 4 is 23.1 Å². The SMILES string of the molecule is O=C1CCN(c2cc(F)c(Cl)cc2F)CC1. The van der Waals surface area contributed by atoms with E-state index in [0.29, 0.717) is 25.9 Å². The molecule has 0 aliphatic carbocycles. The number of carbonyl (C=O) groups excluding carboxylic acids is 1. The second-order valence-electron chi connectivity index (χ2n) is 3.74. The highest BCUT2D eigenvalue weighted by Crippen LogP contribution is 2.27. The van der Waals surface area contributed by atoms with Gasteiger partial charge in [-0.05, 0) is 6.07 Å². The van der Waals surface area contributed by atoms with Gasteiger partial charge >= 0.3 is 0 Å². The summed E-state index contributed by atoms with van der Waals surface area (Å²) in [7, 11) is 0. The third kappa shape index (κ3) is 2.16. The van der Waals surface area contributed by atoms with Gasteiger partial charge in [0.25, 0.3) is 0 Å². The van der Waals surface area contributed by atoms with Crippen molar-refractivity contribution in [2.24, 2.45) is 0 Å². The minimum atomic E-state index is -0.644. The number of hydrogen-bond donors (Lipinski definition) is 0. The van der Waals surface area contributed by atoms with Crippen LogP contribution in [-0.2, 0) is 4.79 Å². The molecule has 0 unspecified atom stereocenters. The molecule has 0 saturated carbocycles. The number of Topliss-reactive ketones (excluding diaryl/α,β-unsaturated/α-hetero) is 1. The van der Waals surface area contributed by atoms with E-state index >= 15 is 0 Å². The van der Waals surface area contributed by atoms with Crippen LogP contribution >= 0.6 is 11.6 Å². The van der Waals surface area contributed by atoms with Crippen LogP contribution in [0.2, 0.25) is 5.02 Å². The van der Waals surface area contributed by atoms with Gasteiger partial charge in [0.05, 0.1) is 10.7 Å². The lowest BCUT2D eigenvalue weighted by molar-refractivity contribution is -0.119. The molecule has 1 heterocycles. The minimum absolute atomic E-state index is 0.158. The van der Waals surface area contributed by atoms with E-state index in [2.05, 4.69) is 0 Å². The molecule has 0 aromatic heterocycles. The number of rotatable bonds is 1. The summed E-state index contributed by atoms with van der Waals surface area (Å²) in [6.07, 6.45) is 0.757. The highest BCUT2D eigenvalue weighted by molar-refractivity contribution is 6.30. The number of halogens is 3. The van der Waals surface area contributed by atoms with Gasteiger partial charge in [-0.25, -0.2) is 8.78 Å². The highest BCUT2D eigenvalue weighted by Gasteiger charge is 2.20. The Morgan fingerprint density at radius 3 is 2.38 bits per heavy atom. The van der Waals surface area contributed by atoms with Gasteiger partial charge in [0, 0.05) is 32.0 Å². The number of ketones is 1. The molecule has 0 spiro atoms. The fraction of sp³-hybridized carbons (Fsp3) is 0.364. The molecule has 0 N–H and O–H groups in total. The standard InChI is InChI=1S/C11H10ClF2NO/c12-8-5-10(14)11(6-9(8)13)15-3-1-7(16)2-4-15/h5-6H,1-4H2. The number of piperidine rings is 1. The van der Waals surface area contributed by atoms with Gasteiger partial charge in [-0.15, -0.1) is 0 Å².